The zero-order valence-corrected chi connectivity index (χ0v) is 18.5. The Hall–Kier alpha value is -1.31. The fourth-order valence-corrected chi connectivity index (χ4v) is 6.10. The molecule has 2 heteroatoms. The van der Waals surface area contributed by atoms with Crippen molar-refractivity contribution in [1.29, 1.82) is 0 Å². The van der Waals surface area contributed by atoms with Crippen LogP contribution in [-0.4, -0.2) is 11.1 Å². The Balaban J connectivity index is 2.22. The number of fused-ring (bicyclic) bond motifs is 1. The van der Waals surface area contributed by atoms with Gasteiger partial charge in [-0.15, -0.1) is 0 Å². The standard InChI is InChI=1S/C25H40O2/c1-18(2)9-7-14-24(5)15-8-16-25(6)21(20(4)11-13-22(24)25)12-10-19(3)17-23(26)27/h9,17,22H,7-8,10-16H2,1-6H3,(H,26,27). The van der Waals surface area contributed by atoms with Gasteiger partial charge in [0.2, 0.25) is 0 Å². The third-order valence-electron chi connectivity index (χ3n) is 7.47. The highest BCUT2D eigenvalue weighted by Gasteiger charge is 2.51. The first-order valence-corrected chi connectivity index (χ1v) is 10.8. The highest BCUT2D eigenvalue weighted by atomic mass is 16.4. The molecule has 1 saturated carbocycles. The van der Waals surface area contributed by atoms with Crippen molar-refractivity contribution in [3.8, 4) is 0 Å². The predicted octanol–water partition coefficient (Wildman–Crippen LogP) is 7.47. The predicted molar refractivity (Wildman–Crippen MR) is 115 cm³/mol. The summed E-state index contributed by atoms with van der Waals surface area (Å²) in [6.45, 7) is 13.7. The van der Waals surface area contributed by atoms with Crippen molar-refractivity contribution in [2.45, 2.75) is 99.3 Å². The topological polar surface area (TPSA) is 37.3 Å². The fraction of sp³-hybridized carbons (Fsp3) is 0.720. The molecular formula is C25H40O2. The third kappa shape index (κ3) is 5.15. The number of rotatable bonds is 7. The van der Waals surface area contributed by atoms with E-state index in [4.69, 9.17) is 5.11 Å². The van der Waals surface area contributed by atoms with Crippen molar-refractivity contribution in [1.82, 2.24) is 0 Å². The summed E-state index contributed by atoms with van der Waals surface area (Å²) < 4.78 is 0. The molecule has 1 N–H and O–H groups in total. The molecule has 0 spiro atoms. The van der Waals surface area contributed by atoms with Gasteiger partial charge in [-0.2, -0.15) is 0 Å². The molecule has 2 rings (SSSR count). The lowest BCUT2D eigenvalue weighted by Gasteiger charge is -2.56. The largest absolute Gasteiger partial charge is 0.478 e. The number of carboxylic acid groups (broad SMARTS) is 1. The van der Waals surface area contributed by atoms with Crippen LogP contribution in [0.25, 0.3) is 0 Å². The maximum absolute atomic E-state index is 11.0. The Kier molecular flexibility index (Phi) is 7.16. The summed E-state index contributed by atoms with van der Waals surface area (Å²) in [5.74, 6) is -0.0674. The molecule has 3 atom stereocenters. The van der Waals surface area contributed by atoms with Crippen LogP contribution < -0.4 is 0 Å². The quantitative estimate of drug-likeness (QED) is 0.372. The van der Waals surface area contributed by atoms with Crippen LogP contribution in [0.1, 0.15) is 99.3 Å². The first-order valence-electron chi connectivity index (χ1n) is 10.8. The summed E-state index contributed by atoms with van der Waals surface area (Å²) in [4.78, 5) is 11.0. The molecule has 0 heterocycles. The molecule has 0 aliphatic heterocycles. The molecule has 152 valence electrons. The molecule has 1 fully saturated rings. The van der Waals surface area contributed by atoms with Gasteiger partial charge in [-0.1, -0.05) is 48.6 Å². The zero-order chi connectivity index (χ0) is 20.2. The van der Waals surface area contributed by atoms with Crippen LogP contribution in [0.4, 0.5) is 0 Å². The van der Waals surface area contributed by atoms with E-state index < -0.39 is 5.97 Å². The Morgan fingerprint density at radius 3 is 2.56 bits per heavy atom. The Morgan fingerprint density at radius 1 is 1.22 bits per heavy atom. The van der Waals surface area contributed by atoms with Crippen LogP contribution >= 0.6 is 0 Å². The lowest BCUT2D eigenvalue weighted by atomic mass is 9.48. The Labute approximate surface area is 166 Å². The van der Waals surface area contributed by atoms with E-state index in [1.165, 1.54) is 56.6 Å². The second kappa shape index (κ2) is 8.80. The first kappa shape index (κ1) is 22.0. The summed E-state index contributed by atoms with van der Waals surface area (Å²) in [6, 6.07) is 0. The lowest BCUT2D eigenvalue weighted by Crippen LogP contribution is -2.46. The third-order valence-corrected chi connectivity index (χ3v) is 7.47. The van der Waals surface area contributed by atoms with Crippen molar-refractivity contribution in [3.63, 3.8) is 0 Å². The molecule has 0 aromatic heterocycles. The lowest BCUT2D eigenvalue weighted by molar-refractivity contribution is -0.131. The van der Waals surface area contributed by atoms with E-state index in [1.807, 2.05) is 6.92 Å². The SMILES string of the molecule is CC(C)=CCCC1(C)CCCC2(C)C(CCC(C)=CC(=O)O)=C(C)CCC12. The van der Waals surface area contributed by atoms with Crippen LogP contribution in [-0.2, 0) is 4.79 Å². The summed E-state index contributed by atoms with van der Waals surface area (Å²) in [7, 11) is 0. The number of aliphatic carboxylic acids is 1. The second-order valence-electron chi connectivity index (χ2n) is 9.92. The van der Waals surface area contributed by atoms with Crippen molar-refractivity contribution in [3.05, 3.63) is 34.4 Å². The summed E-state index contributed by atoms with van der Waals surface area (Å²) in [6.07, 6.45) is 14.7. The molecule has 2 nitrogen and oxygen atoms in total. The van der Waals surface area contributed by atoms with Gasteiger partial charge in [-0.05, 0) is 95.8 Å². The molecule has 27 heavy (non-hydrogen) atoms. The number of hydrogen-bond donors (Lipinski definition) is 1. The van der Waals surface area contributed by atoms with Gasteiger partial charge in [-0.3, -0.25) is 0 Å². The minimum Gasteiger partial charge on any atom is -0.478 e. The van der Waals surface area contributed by atoms with E-state index in [0.29, 0.717) is 10.8 Å². The fourth-order valence-electron chi connectivity index (χ4n) is 6.10. The van der Waals surface area contributed by atoms with Gasteiger partial charge in [-0.25, -0.2) is 4.79 Å². The maximum atomic E-state index is 11.0. The maximum Gasteiger partial charge on any atom is 0.328 e. The van der Waals surface area contributed by atoms with Gasteiger partial charge in [0.25, 0.3) is 0 Å². The van der Waals surface area contributed by atoms with Gasteiger partial charge in [0, 0.05) is 6.08 Å². The van der Waals surface area contributed by atoms with Gasteiger partial charge in [0.15, 0.2) is 0 Å². The number of carboxylic acids is 1. The minimum atomic E-state index is -0.824. The molecule has 0 amide bonds. The smallest absolute Gasteiger partial charge is 0.328 e. The molecule has 0 bridgehead atoms. The highest BCUT2D eigenvalue weighted by Crippen LogP contribution is 2.61. The molecule has 0 radical (unpaired) electrons. The van der Waals surface area contributed by atoms with E-state index in [-0.39, 0.29) is 0 Å². The van der Waals surface area contributed by atoms with Crippen LogP contribution in [0, 0.1) is 16.7 Å². The monoisotopic (exact) mass is 372 g/mol. The van der Waals surface area contributed by atoms with Crippen LogP contribution in [0.5, 0.6) is 0 Å². The van der Waals surface area contributed by atoms with Gasteiger partial charge in [0.05, 0.1) is 0 Å². The van der Waals surface area contributed by atoms with E-state index in [2.05, 4.69) is 40.7 Å². The van der Waals surface area contributed by atoms with E-state index in [1.54, 1.807) is 11.1 Å². The minimum absolute atomic E-state index is 0.295. The normalized spacial score (nSPS) is 31.5. The van der Waals surface area contributed by atoms with Crippen LogP contribution in [0.2, 0.25) is 0 Å². The van der Waals surface area contributed by atoms with Crippen molar-refractivity contribution >= 4 is 5.97 Å². The zero-order valence-electron chi connectivity index (χ0n) is 18.5. The van der Waals surface area contributed by atoms with E-state index in [9.17, 15) is 4.79 Å². The Bertz CT molecular complexity index is 647. The van der Waals surface area contributed by atoms with E-state index in [0.717, 1.165) is 24.3 Å². The second-order valence-corrected chi connectivity index (χ2v) is 9.92. The number of allylic oxidation sites excluding steroid dienone is 5. The molecule has 0 saturated heterocycles. The molecule has 2 aliphatic rings. The van der Waals surface area contributed by atoms with Crippen molar-refractivity contribution < 1.29 is 9.90 Å². The number of hydrogen-bond acceptors (Lipinski definition) is 1. The average Bonchev–Trinajstić information content (AvgIpc) is 2.52. The van der Waals surface area contributed by atoms with Crippen molar-refractivity contribution in [2.75, 3.05) is 0 Å². The number of carbonyl (C=O) groups is 1. The molecule has 3 unspecified atom stereocenters. The van der Waals surface area contributed by atoms with Crippen LogP contribution in [0.3, 0.4) is 0 Å². The first-order chi connectivity index (χ1) is 12.6. The van der Waals surface area contributed by atoms with Crippen molar-refractivity contribution in [2.24, 2.45) is 16.7 Å². The summed E-state index contributed by atoms with van der Waals surface area (Å²) in [5.41, 5.74) is 6.35. The molecule has 0 aromatic rings. The van der Waals surface area contributed by atoms with E-state index >= 15 is 0 Å². The van der Waals surface area contributed by atoms with Crippen LogP contribution in [0.15, 0.2) is 34.4 Å². The summed E-state index contributed by atoms with van der Waals surface area (Å²) in [5, 5.41) is 9.01. The Morgan fingerprint density at radius 2 is 1.93 bits per heavy atom. The van der Waals surface area contributed by atoms with Gasteiger partial charge in [0.1, 0.15) is 0 Å². The highest BCUT2D eigenvalue weighted by molar-refractivity contribution is 5.80. The molecular weight excluding hydrogens is 332 g/mol. The summed E-state index contributed by atoms with van der Waals surface area (Å²) >= 11 is 0. The van der Waals surface area contributed by atoms with Gasteiger partial charge >= 0.3 is 5.97 Å². The van der Waals surface area contributed by atoms with Gasteiger partial charge < -0.3 is 5.11 Å². The molecule has 2 aliphatic carbocycles. The average molecular weight is 373 g/mol. The molecule has 0 aromatic carbocycles.